The van der Waals surface area contributed by atoms with Crippen molar-refractivity contribution in [3.8, 4) is 11.5 Å². The second kappa shape index (κ2) is 7.56. The Morgan fingerprint density at radius 1 is 0.950 bits per heavy atom. The molecule has 0 amide bonds. The van der Waals surface area contributed by atoms with E-state index >= 15 is 0 Å². The normalized spacial score (nSPS) is 11.9. The van der Waals surface area contributed by atoms with Crippen LogP contribution in [-0.2, 0) is 0 Å². The molecule has 0 unspecified atom stereocenters. The van der Waals surface area contributed by atoms with E-state index in [9.17, 15) is 0 Å². The molecule has 1 atom stereocenters. The first-order chi connectivity index (χ1) is 9.85. The van der Waals surface area contributed by atoms with Gasteiger partial charge in [0.2, 0.25) is 0 Å². The Balaban J connectivity index is 2.19. The lowest BCUT2D eigenvalue weighted by atomic mass is 10.1. The van der Waals surface area contributed by atoms with Crippen LogP contribution in [0.15, 0.2) is 54.6 Å². The van der Waals surface area contributed by atoms with Crippen molar-refractivity contribution in [3.63, 3.8) is 0 Å². The molecule has 2 rings (SSSR count). The fourth-order valence-electron chi connectivity index (χ4n) is 2.11. The zero-order chi connectivity index (χ0) is 14.2. The number of hydrogen-bond acceptors (Lipinski definition) is 3. The highest BCUT2D eigenvalue weighted by Crippen LogP contribution is 2.31. The van der Waals surface area contributed by atoms with Gasteiger partial charge in [-0.25, -0.2) is 0 Å². The second-order valence-electron chi connectivity index (χ2n) is 4.56. The van der Waals surface area contributed by atoms with Crippen LogP contribution in [-0.4, -0.2) is 20.7 Å². The first kappa shape index (κ1) is 14.4. The molecule has 3 heteroatoms. The summed E-state index contributed by atoms with van der Waals surface area (Å²) in [5.74, 6) is 1.54. The third-order valence-electron chi connectivity index (χ3n) is 3.17. The highest BCUT2D eigenvalue weighted by atomic mass is 16.5. The molecule has 2 aromatic rings. The van der Waals surface area contributed by atoms with Crippen molar-refractivity contribution in [1.29, 1.82) is 0 Å². The predicted molar refractivity (Wildman–Crippen MR) is 81.3 cm³/mol. The molecule has 0 radical (unpaired) electrons. The van der Waals surface area contributed by atoms with Gasteiger partial charge in [-0.05, 0) is 31.3 Å². The van der Waals surface area contributed by atoms with Gasteiger partial charge in [0, 0.05) is 6.42 Å². The van der Waals surface area contributed by atoms with Gasteiger partial charge in [0.1, 0.15) is 6.10 Å². The molecule has 0 spiro atoms. The highest BCUT2D eigenvalue weighted by Gasteiger charge is 2.14. The maximum absolute atomic E-state index is 6.16. The van der Waals surface area contributed by atoms with E-state index in [0.717, 1.165) is 24.5 Å². The minimum Gasteiger partial charge on any atom is -0.493 e. The van der Waals surface area contributed by atoms with Crippen molar-refractivity contribution in [2.45, 2.75) is 12.5 Å². The molecule has 106 valence electrons. The van der Waals surface area contributed by atoms with Crippen LogP contribution in [0, 0.1) is 0 Å². The van der Waals surface area contributed by atoms with Gasteiger partial charge < -0.3 is 14.8 Å². The Labute approximate surface area is 120 Å². The van der Waals surface area contributed by atoms with Crippen molar-refractivity contribution >= 4 is 0 Å². The molecule has 0 aliphatic rings. The van der Waals surface area contributed by atoms with Crippen molar-refractivity contribution < 1.29 is 9.47 Å². The Hall–Kier alpha value is -2.00. The lowest BCUT2D eigenvalue weighted by Crippen LogP contribution is -2.16. The van der Waals surface area contributed by atoms with E-state index in [2.05, 4.69) is 17.4 Å². The van der Waals surface area contributed by atoms with E-state index in [0.29, 0.717) is 0 Å². The van der Waals surface area contributed by atoms with E-state index in [1.165, 1.54) is 5.56 Å². The van der Waals surface area contributed by atoms with E-state index in [1.54, 1.807) is 7.11 Å². The molecule has 0 heterocycles. The van der Waals surface area contributed by atoms with Gasteiger partial charge in [-0.1, -0.05) is 42.5 Å². The van der Waals surface area contributed by atoms with Gasteiger partial charge in [0.25, 0.3) is 0 Å². The van der Waals surface area contributed by atoms with Gasteiger partial charge in [-0.2, -0.15) is 0 Å². The second-order valence-corrected chi connectivity index (χ2v) is 4.56. The van der Waals surface area contributed by atoms with Crippen molar-refractivity contribution in [2.75, 3.05) is 20.7 Å². The van der Waals surface area contributed by atoms with Crippen LogP contribution >= 0.6 is 0 Å². The highest BCUT2D eigenvalue weighted by molar-refractivity contribution is 5.40. The predicted octanol–water partition coefficient (Wildman–Crippen LogP) is 3.42. The standard InChI is InChI=1S/C17H21NO2/c1-18-13-12-15(14-8-4-3-5-9-14)20-17-11-7-6-10-16(17)19-2/h3-11,15,18H,12-13H2,1-2H3/t15-/m1/s1/i2-1. The van der Waals surface area contributed by atoms with Crippen molar-refractivity contribution in [2.24, 2.45) is 0 Å². The molecule has 0 fully saturated rings. The van der Waals surface area contributed by atoms with Crippen molar-refractivity contribution in [3.05, 3.63) is 60.2 Å². The number of hydrogen-bond donors (Lipinski definition) is 1. The van der Waals surface area contributed by atoms with Gasteiger partial charge in [0.05, 0.1) is 7.11 Å². The quantitative estimate of drug-likeness (QED) is 0.836. The third kappa shape index (κ3) is 3.75. The first-order valence-corrected chi connectivity index (χ1v) is 6.84. The Morgan fingerprint density at radius 2 is 1.60 bits per heavy atom. The lowest BCUT2D eigenvalue weighted by molar-refractivity contribution is 0.187. The minimum atomic E-state index is 0.0138. The summed E-state index contributed by atoms with van der Waals surface area (Å²) in [6, 6.07) is 18.0. The molecular formula is C17H21NO2. The molecule has 1 N–H and O–H groups in total. The number of benzene rings is 2. The molecular weight excluding hydrogens is 249 g/mol. The monoisotopic (exact) mass is 270 g/mol. The molecule has 0 saturated heterocycles. The van der Waals surface area contributed by atoms with Crippen LogP contribution in [0.1, 0.15) is 18.1 Å². The molecule has 3 nitrogen and oxygen atoms in total. The van der Waals surface area contributed by atoms with E-state index in [4.69, 9.17) is 9.47 Å². The number of rotatable bonds is 7. The summed E-state index contributed by atoms with van der Waals surface area (Å²) in [5.41, 5.74) is 1.17. The van der Waals surface area contributed by atoms with Crippen LogP contribution in [0.3, 0.4) is 0 Å². The third-order valence-corrected chi connectivity index (χ3v) is 3.17. The van der Waals surface area contributed by atoms with Gasteiger partial charge in [0.15, 0.2) is 11.5 Å². The largest absolute Gasteiger partial charge is 0.493 e. The van der Waals surface area contributed by atoms with Gasteiger partial charge in [-0.15, -0.1) is 0 Å². The SMILES string of the molecule is CNCC[C@@H](Oc1ccccc1O[11CH3])c1ccccc1. The van der Waals surface area contributed by atoms with Gasteiger partial charge in [-0.3, -0.25) is 0 Å². The average molecular weight is 270 g/mol. The summed E-state index contributed by atoms with van der Waals surface area (Å²) >= 11 is 0. The number of nitrogens with one attached hydrogen (secondary N) is 1. The zero-order valence-electron chi connectivity index (χ0n) is 12.0. The topological polar surface area (TPSA) is 30.5 Å². The summed E-state index contributed by atoms with van der Waals surface area (Å²) in [5, 5.41) is 3.17. The number of ether oxygens (including phenoxy) is 2. The van der Waals surface area contributed by atoms with Crippen LogP contribution in [0.25, 0.3) is 0 Å². The molecule has 0 aromatic heterocycles. The van der Waals surface area contributed by atoms with Crippen LogP contribution in [0.4, 0.5) is 0 Å². The van der Waals surface area contributed by atoms with Crippen LogP contribution in [0.2, 0.25) is 0 Å². The molecule has 2 aromatic carbocycles. The smallest absolute Gasteiger partial charge is 0.162 e. The fourth-order valence-corrected chi connectivity index (χ4v) is 2.11. The molecule has 0 bridgehead atoms. The molecule has 0 saturated carbocycles. The average Bonchev–Trinajstić information content (AvgIpc) is 2.52. The fraction of sp³-hybridized carbons (Fsp3) is 0.294. The Morgan fingerprint density at radius 3 is 2.25 bits per heavy atom. The maximum Gasteiger partial charge on any atom is 0.162 e. The summed E-state index contributed by atoms with van der Waals surface area (Å²) in [4.78, 5) is 0. The Bertz CT molecular complexity index is 513. The zero-order valence-corrected chi connectivity index (χ0v) is 12.0. The minimum absolute atomic E-state index is 0.0138. The number of methoxy groups -OCH3 is 1. The summed E-state index contributed by atoms with van der Waals surface area (Å²) in [6.45, 7) is 0.898. The Kier molecular flexibility index (Phi) is 5.44. The van der Waals surface area contributed by atoms with Crippen molar-refractivity contribution in [1.82, 2.24) is 5.32 Å². The molecule has 0 aliphatic carbocycles. The van der Waals surface area contributed by atoms with Gasteiger partial charge >= 0.3 is 0 Å². The van der Waals surface area contributed by atoms with E-state index in [-0.39, 0.29) is 6.10 Å². The number of para-hydroxylation sites is 2. The summed E-state index contributed by atoms with van der Waals surface area (Å²) < 4.78 is 11.5. The maximum atomic E-state index is 6.16. The summed E-state index contributed by atoms with van der Waals surface area (Å²) in [6.07, 6.45) is 0.915. The molecule has 0 aliphatic heterocycles. The lowest BCUT2D eigenvalue weighted by Gasteiger charge is -2.21. The van der Waals surface area contributed by atoms with E-state index < -0.39 is 0 Å². The molecule has 20 heavy (non-hydrogen) atoms. The van der Waals surface area contributed by atoms with E-state index in [1.807, 2.05) is 49.5 Å². The van der Waals surface area contributed by atoms with Crippen LogP contribution < -0.4 is 14.8 Å². The van der Waals surface area contributed by atoms with Crippen LogP contribution in [0.5, 0.6) is 11.5 Å². The first-order valence-electron chi connectivity index (χ1n) is 6.84. The summed E-state index contributed by atoms with van der Waals surface area (Å²) in [7, 11) is 3.61.